The monoisotopic (exact) mass is 441 g/mol. The second kappa shape index (κ2) is 8.91. The number of pyridine rings is 1. The fourth-order valence-corrected chi connectivity index (χ4v) is 3.09. The molecule has 1 fully saturated rings. The van der Waals surface area contributed by atoms with Crippen LogP contribution in [0, 0.1) is 0 Å². The molecule has 1 amide bonds. The van der Waals surface area contributed by atoms with Crippen LogP contribution in [0.3, 0.4) is 0 Å². The fourth-order valence-electron chi connectivity index (χ4n) is 3.09. The first kappa shape index (κ1) is 21.7. The van der Waals surface area contributed by atoms with Crippen molar-refractivity contribution in [3.63, 3.8) is 0 Å². The van der Waals surface area contributed by atoms with Gasteiger partial charge in [0.2, 0.25) is 0 Å². The number of anilines is 2. The van der Waals surface area contributed by atoms with Gasteiger partial charge in [0.25, 0.3) is 0 Å². The number of aromatic nitrogens is 3. The van der Waals surface area contributed by atoms with Crippen molar-refractivity contribution in [3.8, 4) is 11.5 Å². The molecule has 10 heteroatoms. The Morgan fingerprint density at radius 1 is 1.12 bits per heavy atom. The first-order valence-corrected chi connectivity index (χ1v) is 10.2. The molecule has 2 aromatic heterocycles. The predicted octanol–water partition coefficient (Wildman–Crippen LogP) is 4.28. The van der Waals surface area contributed by atoms with Crippen molar-refractivity contribution in [1.29, 1.82) is 0 Å². The zero-order valence-corrected chi connectivity index (χ0v) is 18.1. The van der Waals surface area contributed by atoms with E-state index >= 15 is 0 Å². The summed E-state index contributed by atoms with van der Waals surface area (Å²) in [5, 5.41) is -0.0447. The summed E-state index contributed by atoms with van der Waals surface area (Å²) in [6.45, 7) is 7.74. The summed E-state index contributed by atoms with van der Waals surface area (Å²) in [7, 11) is 0. The summed E-state index contributed by atoms with van der Waals surface area (Å²) in [6, 6.07) is 7.65. The zero-order valence-electron chi connectivity index (χ0n) is 18.1. The van der Waals surface area contributed by atoms with Gasteiger partial charge in [-0.3, -0.25) is 0 Å². The van der Waals surface area contributed by atoms with E-state index < -0.39 is 11.7 Å². The van der Waals surface area contributed by atoms with Crippen LogP contribution in [0.15, 0.2) is 42.7 Å². The average molecular weight is 441 g/mol. The highest BCUT2D eigenvalue weighted by atomic mass is 19.2. The van der Waals surface area contributed by atoms with Gasteiger partial charge < -0.3 is 19.1 Å². The van der Waals surface area contributed by atoms with Crippen LogP contribution in [0.5, 0.6) is 11.5 Å². The molecule has 0 unspecified atom stereocenters. The second-order valence-corrected chi connectivity index (χ2v) is 8.17. The highest BCUT2D eigenvalue weighted by Gasteiger charge is 2.23. The standard InChI is InChI=1S/C22H24FN5O4/c1-22(2,3)32-21(29)28(23)15-4-6-16(7-5-15)31-17-8-9-24-20-19(17)26-18(14-25-20)27-10-12-30-13-11-27/h4-9,14H,10-13H2,1-3H3. The molecule has 3 heterocycles. The van der Waals surface area contributed by atoms with E-state index in [0.717, 1.165) is 18.9 Å². The topological polar surface area (TPSA) is 89.9 Å². The number of fused-ring (bicyclic) bond motifs is 1. The molecule has 0 bridgehead atoms. The van der Waals surface area contributed by atoms with E-state index in [1.54, 1.807) is 51.4 Å². The van der Waals surface area contributed by atoms with Gasteiger partial charge in [-0.25, -0.2) is 19.7 Å². The molecule has 1 aliphatic heterocycles. The molecule has 0 radical (unpaired) electrons. The van der Waals surface area contributed by atoms with Crippen LogP contribution in [-0.2, 0) is 9.47 Å². The van der Waals surface area contributed by atoms with E-state index in [-0.39, 0.29) is 10.8 Å². The van der Waals surface area contributed by atoms with E-state index in [2.05, 4.69) is 19.9 Å². The molecule has 0 saturated carbocycles. The zero-order chi connectivity index (χ0) is 22.7. The lowest BCUT2D eigenvalue weighted by Crippen LogP contribution is -2.36. The number of halogens is 1. The van der Waals surface area contributed by atoms with Crippen LogP contribution in [0.25, 0.3) is 11.2 Å². The Morgan fingerprint density at radius 3 is 2.53 bits per heavy atom. The van der Waals surface area contributed by atoms with E-state index in [1.165, 1.54) is 12.1 Å². The largest absolute Gasteiger partial charge is 0.455 e. The van der Waals surface area contributed by atoms with Crippen molar-refractivity contribution in [2.75, 3.05) is 36.3 Å². The van der Waals surface area contributed by atoms with Crippen LogP contribution >= 0.6 is 0 Å². The molecule has 0 atom stereocenters. The van der Waals surface area contributed by atoms with Gasteiger partial charge in [-0.2, -0.15) is 0 Å². The number of carbonyl (C=O) groups excluding carboxylic acids is 1. The molecular formula is C22H24FN5O4. The number of benzene rings is 1. The lowest BCUT2D eigenvalue weighted by molar-refractivity contribution is 0.0501. The minimum atomic E-state index is -1.09. The number of amides is 1. The quantitative estimate of drug-likeness (QED) is 0.554. The summed E-state index contributed by atoms with van der Waals surface area (Å²) in [5.74, 6) is 1.63. The number of ether oxygens (including phenoxy) is 3. The van der Waals surface area contributed by atoms with E-state index in [0.29, 0.717) is 35.9 Å². The first-order valence-electron chi connectivity index (χ1n) is 10.2. The van der Waals surface area contributed by atoms with Crippen molar-refractivity contribution in [3.05, 3.63) is 42.7 Å². The van der Waals surface area contributed by atoms with Crippen molar-refractivity contribution in [1.82, 2.24) is 15.0 Å². The summed E-state index contributed by atoms with van der Waals surface area (Å²) in [6.07, 6.45) is 2.18. The summed E-state index contributed by atoms with van der Waals surface area (Å²) in [5.41, 5.74) is 0.201. The van der Waals surface area contributed by atoms with Crippen LogP contribution in [0.2, 0.25) is 0 Å². The number of morpholine rings is 1. The number of carbonyl (C=O) groups is 1. The second-order valence-electron chi connectivity index (χ2n) is 8.17. The molecule has 32 heavy (non-hydrogen) atoms. The molecule has 0 N–H and O–H groups in total. The van der Waals surface area contributed by atoms with E-state index in [4.69, 9.17) is 14.2 Å². The average Bonchev–Trinajstić information content (AvgIpc) is 2.78. The van der Waals surface area contributed by atoms with Gasteiger partial charge in [0.15, 0.2) is 16.9 Å². The molecule has 168 valence electrons. The van der Waals surface area contributed by atoms with Gasteiger partial charge >= 0.3 is 6.09 Å². The highest BCUT2D eigenvalue weighted by molar-refractivity contribution is 5.85. The SMILES string of the molecule is CC(C)(C)OC(=O)N(F)c1ccc(Oc2ccnc3ncc(N4CCOCC4)nc23)cc1. The lowest BCUT2D eigenvalue weighted by Gasteiger charge is -2.27. The van der Waals surface area contributed by atoms with E-state index in [9.17, 15) is 9.28 Å². The van der Waals surface area contributed by atoms with Gasteiger partial charge in [-0.05, 0) is 45.0 Å². The molecule has 4 rings (SSSR count). The van der Waals surface area contributed by atoms with Gasteiger partial charge in [0, 0.05) is 25.4 Å². The van der Waals surface area contributed by atoms with Crippen molar-refractivity contribution < 1.29 is 23.5 Å². The number of nitrogens with zero attached hydrogens (tertiary/aromatic N) is 5. The van der Waals surface area contributed by atoms with Crippen LogP contribution < -0.4 is 14.8 Å². The Balaban J connectivity index is 1.53. The highest BCUT2D eigenvalue weighted by Crippen LogP contribution is 2.30. The minimum absolute atomic E-state index is 0.0283. The van der Waals surface area contributed by atoms with Crippen molar-refractivity contribution >= 4 is 28.8 Å². The maximum Gasteiger partial charge on any atom is 0.443 e. The smallest absolute Gasteiger partial charge is 0.443 e. The van der Waals surface area contributed by atoms with Crippen molar-refractivity contribution in [2.45, 2.75) is 26.4 Å². The van der Waals surface area contributed by atoms with Gasteiger partial charge in [0.05, 0.1) is 25.1 Å². The third-order valence-electron chi connectivity index (χ3n) is 4.58. The van der Waals surface area contributed by atoms with E-state index in [1.807, 2.05) is 0 Å². The van der Waals surface area contributed by atoms with Crippen molar-refractivity contribution in [2.24, 2.45) is 0 Å². The molecule has 0 aliphatic carbocycles. The summed E-state index contributed by atoms with van der Waals surface area (Å²) in [4.78, 5) is 27.3. The van der Waals surface area contributed by atoms with Crippen LogP contribution in [0.1, 0.15) is 20.8 Å². The van der Waals surface area contributed by atoms with Gasteiger partial charge in [-0.15, -0.1) is 5.12 Å². The minimum Gasteiger partial charge on any atom is -0.455 e. The number of hydrogen-bond donors (Lipinski definition) is 0. The molecule has 1 saturated heterocycles. The van der Waals surface area contributed by atoms with Crippen LogP contribution in [0.4, 0.5) is 20.8 Å². The Morgan fingerprint density at radius 2 is 1.84 bits per heavy atom. The molecule has 9 nitrogen and oxygen atoms in total. The third-order valence-corrected chi connectivity index (χ3v) is 4.58. The van der Waals surface area contributed by atoms with Gasteiger partial charge in [-0.1, -0.05) is 4.48 Å². The molecule has 0 spiro atoms. The molecule has 3 aromatic rings. The predicted molar refractivity (Wildman–Crippen MR) is 117 cm³/mol. The maximum absolute atomic E-state index is 14.3. The van der Waals surface area contributed by atoms with Gasteiger partial charge in [0.1, 0.15) is 17.2 Å². The molecular weight excluding hydrogens is 417 g/mol. The number of rotatable bonds is 4. The summed E-state index contributed by atoms with van der Waals surface area (Å²) < 4.78 is 30.7. The fraction of sp³-hybridized carbons (Fsp3) is 0.364. The Hall–Kier alpha value is -3.53. The number of hydrogen-bond acceptors (Lipinski definition) is 8. The first-order chi connectivity index (χ1) is 15.3. The molecule has 1 aliphatic rings. The van der Waals surface area contributed by atoms with Crippen LogP contribution in [-0.4, -0.2) is 52.9 Å². The third kappa shape index (κ3) is 5.02. The Bertz CT molecular complexity index is 1100. The summed E-state index contributed by atoms with van der Waals surface area (Å²) >= 11 is 0. The molecule has 1 aromatic carbocycles. The Kier molecular flexibility index (Phi) is 6.04. The normalized spacial score (nSPS) is 14.3. The Labute approximate surface area is 184 Å². The maximum atomic E-state index is 14.3. The lowest BCUT2D eigenvalue weighted by atomic mass is 10.2.